The Morgan fingerprint density at radius 1 is 1.36 bits per heavy atom. The van der Waals surface area contributed by atoms with E-state index in [1.54, 1.807) is 0 Å². The van der Waals surface area contributed by atoms with Crippen molar-refractivity contribution in [2.45, 2.75) is 37.8 Å². The van der Waals surface area contributed by atoms with Crippen LogP contribution in [0.25, 0.3) is 0 Å². The van der Waals surface area contributed by atoms with Crippen molar-refractivity contribution in [3.63, 3.8) is 0 Å². The largest absolute Gasteiger partial charge is 0.369 e. The van der Waals surface area contributed by atoms with Crippen LogP contribution < -0.4 is 17.0 Å². The Labute approximate surface area is 84.5 Å². The van der Waals surface area contributed by atoms with Crippen molar-refractivity contribution in [1.29, 1.82) is 0 Å². The quantitative estimate of drug-likeness (QED) is 0.227. The number of fused-ring (bicyclic) bond motifs is 1. The lowest BCUT2D eigenvalue weighted by molar-refractivity contribution is 0.182. The average Bonchev–Trinajstić information content (AvgIpc) is 2.64. The standard InChI is InChI=1S/C9H19N5/c10-9(13-11)12-7-3-5-14-4-1-2-8(14)6-7/h7-8H,1-6,11H2,(H3,10,12,13). The summed E-state index contributed by atoms with van der Waals surface area (Å²) in [6.45, 7) is 2.43. The molecule has 0 spiro atoms. The average molecular weight is 197 g/mol. The van der Waals surface area contributed by atoms with Crippen molar-refractivity contribution < 1.29 is 0 Å². The molecule has 2 heterocycles. The molecule has 2 fully saturated rings. The van der Waals surface area contributed by atoms with Gasteiger partial charge in [-0.2, -0.15) is 0 Å². The molecule has 14 heavy (non-hydrogen) atoms. The maximum absolute atomic E-state index is 5.54. The Hall–Kier alpha value is -0.810. The molecule has 0 amide bonds. The van der Waals surface area contributed by atoms with Crippen molar-refractivity contribution in [1.82, 2.24) is 10.3 Å². The van der Waals surface area contributed by atoms with Gasteiger partial charge in [-0.05, 0) is 32.2 Å². The molecule has 5 N–H and O–H groups in total. The van der Waals surface area contributed by atoms with Crippen molar-refractivity contribution in [3.05, 3.63) is 0 Å². The van der Waals surface area contributed by atoms with E-state index in [9.17, 15) is 0 Å². The van der Waals surface area contributed by atoms with Gasteiger partial charge in [-0.1, -0.05) is 0 Å². The molecule has 2 aliphatic heterocycles. The highest BCUT2D eigenvalue weighted by molar-refractivity contribution is 5.77. The highest BCUT2D eigenvalue weighted by atomic mass is 15.3. The predicted octanol–water partition coefficient (Wildman–Crippen LogP) is -0.609. The van der Waals surface area contributed by atoms with Gasteiger partial charge in [0.2, 0.25) is 5.96 Å². The summed E-state index contributed by atoms with van der Waals surface area (Å²) in [4.78, 5) is 6.91. The van der Waals surface area contributed by atoms with Crippen molar-refractivity contribution >= 4 is 5.96 Å². The third kappa shape index (κ3) is 1.99. The van der Waals surface area contributed by atoms with Crippen LogP contribution in [0.1, 0.15) is 25.7 Å². The maximum atomic E-state index is 5.54. The molecule has 0 aromatic heterocycles. The lowest BCUT2D eigenvalue weighted by Gasteiger charge is -2.33. The first-order chi connectivity index (χ1) is 6.79. The summed E-state index contributed by atoms with van der Waals surface area (Å²) in [5.74, 6) is 5.54. The number of nitrogens with zero attached hydrogens (tertiary/aromatic N) is 2. The van der Waals surface area contributed by atoms with Crippen LogP contribution in [0.5, 0.6) is 0 Å². The molecule has 0 aliphatic carbocycles. The number of guanidine groups is 1. The molecule has 2 atom stereocenters. The minimum atomic E-state index is 0.362. The summed E-state index contributed by atoms with van der Waals surface area (Å²) >= 11 is 0. The van der Waals surface area contributed by atoms with E-state index in [0.29, 0.717) is 12.0 Å². The van der Waals surface area contributed by atoms with Crippen LogP contribution in [0.3, 0.4) is 0 Å². The number of nitrogens with two attached hydrogens (primary N) is 2. The first-order valence-electron chi connectivity index (χ1n) is 5.33. The molecule has 0 radical (unpaired) electrons. The second-order valence-corrected chi connectivity index (χ2v) is 4.17. The number of piperidine rings is 1. The molecular weight excluding hydrogens is 178 g/mol. The van der Waals surface area contributed by atoms with Gasteiger partial charge in [-0.15, -0.1) is 0 Å². The van der Waals surface area contributed by atoms with Crippen LogP contribution in [-0.4, -0.2) is 36.0 Å². The third-order valence-corrected chi connectivity index (χ3v) is 3.26. The minimum absolute atomic E-state index is 0.362. The van der Waals surface area contributed by atoms with Gasteiger partial charge in [0.05, 0.1) is 6.04 Å². The molecule has 5 nitrogen and oxygen atoms in total. The highest BCUT2D eigenvalue weighted by Gasteiger charge is 2.31. The van der Waals surface area contributed by atoms with Crippen LogP contribution in [0.4, 0.5) is 0 Å². The van der Waals surface area contributed by atoms with Gasteiger partial charge in [0, 0.05) is 12.6 Å². The maximum Gasteiger partial charge on any atom is 0.203 e. The summed E-state index contributed by atoms with van der Waals surface area (Å²) in [7, 11) is 0. The van der Waals surface area contributed by atoms with E-state index in [1.807, 2.05) is 0 Å². The number of aliphatic imine (C=N–C) groups is 1. The molecule has 80 valence electrons. The van der Waals surface area contributed by atoms with Crippen molar-refractivity contribution in [2.75, 3.05) is 13.1 Å². The molecule has 2 aliphatic rings. The highest BCUT2D eigenvalue weighted by Crippen LogP contribution is 2.28. The third-order valence-electron chi connectivity index (χ3n) is 3.26. The zero-order valence-corrected chi connectivity index (χ0v) is 8.45. The Bertz CT molecular complexity index is 227. The normalized spacial score (nSPS) is 34.2. The number of nitrogens with one attached hydrogen (secondary N) is 1. The number of hydrogen-bond acceptors (Lipinski definition) is 3. The Morgan fingerprint density at radius 2 is 2.21 bits per heavy atom. The second kappa shape index (κ2) is 4.14. The minimum Gasteiger partial charge on any atom is -0.369 e. The van der Waals surface area contributed by atoms with E-state index in [2.05, 4.69) is 15.3 Å². The smallest absolute Gasteiger partial charge is 0.203 e. The SMILES string of the molecule is NNC(N)=NC1CCN2CCCC2C1. The summed E-state index contributed by atoms with van der Waals surface area (Å²) in [6, 6.07) is 1.11. The number of hydrazine groups is 1. The molecule has 0 aromatic rings. The molecule has 2 rings (SSSR count). The second-order valence-electron chi connectivity index (χ2n) is 4.17. The van der Waals surface area contributed by atoms with Gasteiger partial charge in [0.15, 0.2) is 0 Å². The Morgan fingerprint density at radius 3 is 3.00 bits per heavy atom. The monoisotopic (exact) mass is 197 g/mol. The van der Waals surface area contributed by atoms with Gasteiger partial charge in [-0.3, -0.25) is 5.43 Å². The van der Waals surface area contributed by atoms with Crippen molar-refractivity contribution in [2.24, 2.45) is 16.6 Å². The van der Waals surface area contributed by atoms with Crippen LogP contribution in [-0.2, 0) is 0 Å². The van der Waals surface area contributed by atoms with Gasteiger partial charge >= 0.3 is 0 Å². The molecule has 0 aromatic carbocycles. The first-order valence-corrected chi connectivity index (χ1v) is 5.33. The van der Waals surface area contributed by atoms with Gasteiger partial charge in [0.25, 0.3) is 0 Å². The van der Waals surface area contributed by atoms with Gasteiger partial charge in [-0.25, -0.2) is 10.8 Å². The number of hydrogen-bond donors (Lipinski definition) is 3. The molecule has 5 heteroatoms. The van der Waals surface area contributed by atoms with E-state index in [1.165, 1.54) is 19.4 Å². The fourth-order valence-corrected chi connectivity index (χ4v) is 2.55. The van der Waals surface area contributed by atoms with E-state index in [-0.39, 0.29) is 0 Å². The molecule has 0 bridgehead atoms. The van der Waals surface area contributed by atoms with Crippen LogP contribution in [0.2, 0.25) is 0 Å². The lowest BCUT2D eigenvalue weighted by Crippen LogP contribution is -2.42. The van der Waals surface area contributed by atoms with E-state index in [4.69, 9.17) is 11.6 Å². The fourth-order valence-electron chi connectivity index (χ4n) is 2.55. The lowest BCUT2D eigenvalue weighted by atomic mass is 9.98. The summed E-state index contributed by atoms with van der Waals surface area (Å²) in [6.07, 6.45) is 4.91. The van der Waals surface area contributed by atoms with Gasteiger partial charge < -0.3 is 10.6 Å². The summed E-state index contributed by atoms with van der Waals surface area (Å²) in [5.41, 5.74) is 7.93. The first kappa shape index (κ1) is 9.73. The van der Waals surface area contributed by atoms with E-state index in [0.717, 1.165) is 25.4 Å². The van der Waals surface area contributed by atoms with Gasteiger partial charge in [0.1, 0.15) is 0 Å². The summed E-state index contributed by atoms with van der Waals surface area (Å²) < 4.78 is 0. The zero-order valence-electron chi connectivity index (χ0n) is 8.45. The van der Waals surface area contributed by atoms with Crippen LogP contribution in [0.15, 0.2) is 4.99 Å². The van der Waals surface area contributed by atoms with Crippen molar-refractivity contribution in [3.8, 4) is 0 Å². The summed E-state index contributed by atoms with van der Waals surface area (Å²) in [5, 5.41) is 0. The van der Waals surface area contributed by atoms with E-state index < -0.39 is 0 Å². The zero-order chi connectivity index (χ0) is 9.97. The molecule has 0 saturated carbocycles. The fraction of sp³-hybridized carbons (Fsp3) is 0.889. The molecule has 2 unspecified atom stereocenters. The molecular formula is C9H19N5. The topological polar surface area (TPSA) is 79.7 Å². The number of rotatable bonds is 1. The van der Waals surface area contributed by atoms with Crippen LogP contribution >= 0.6 is 0 Å². The van der Waals surface area contributed by atoms with Crippen LogP contribution in [0, 0.1) is 0 Å². The van der Waals surface area contributed by atoms with E-state index >= 15 is 0 Å². The molecule has 2 saturated heterocycles. The Balaban J connectivity index is 1.91. The Kier molecular flexibility index (Phi) is 2.88. The predicted molar refractivity (Wildman–Crippen MR) is 56.6 cm³/mol.